The zero-order valence-electron chi connectivity index (χ0n) is 12.3. The predicted octanol–water partition coefficient (Wildman–Crippen LogP) is 2.75. The van der Waals surface area contributed by atoms with Crippen LogP contribution in [0.4, 0.5) is 0 Å². The van der Waals surface area contributed by atoms with E-state index in [9.17, 15) is 0 Å². The number of ether oxygens (including phenoxy) is 1. The van der Waals surface area contributed by atoms with E-state index in [1.54, 1.807) is 7.11 Å². The number of rotatable bonds is 5. The summed E-state index contributed by atoms with van der Waals surface area (Å²) < 4.78 is 5.08. The second kappa shape index (κ2) is 8.02. The molecule has 0 bridgehead atoms. The van der Waals surface area contributed by atoms with Crippen LogP contribution in [-0.4, -0.2) is 18.1 Å². The summed E-state index contributed by atoms with van der Waals surface area (Å²) >= 11 is 0. The number of nitrogens with zero attached hydrogens (tertiary/aromatic N) is 1. The lowest BCUT2D eigenvalue weighted by atomic mass is 9.92. The van der Waals surface area contributed by atoms with Crippen LogP contribution in [0.5, 0.6) is 5.88 Å². The maximum atomic E-state index is 5.76. The van der Waals surface area contributed by atoms with Gasteiger partial charge >= 0.3 is 0 Å². The van der Waals surface area contributed by atoms with Gasteiger partial charge in [0.25, 0.3) is 0 Å². The first-order chi connectivity index (χ1) is 9.83. The highest BCUT2D eigenvalue weighted by molar-refractivity contribution is 5.22. The third-order valence-electron chi connectivity index (χ3n) is 3.92. The summed E-state index contributed by atoms with van der Waals surface area (Å²) in [6, 6.07) is 4.16. The fraction of sp³-hybridized carbons (Fsp3) is 0.562. The van der Waals surface area contributed by atoms with Gasteiger partial charge in [-0.3, -0.25) is 11.3 Å². The summed E-state index contributed by atoms with van der Waals surface area (Å²) in [7, 11) is 1.63. The van der Waals surface area contributed by atoms with Gasteiger partial charge in [-0.25, -0.2) is 4.98 Å². The van der Waals surface area contributed by atoms with Gasteiger partial charge in [0.2, 0.25) is 5.88 Å². The topological polar surface area (TPSA) is 60.2 Å². The molecule has 0 saturated heterocycles. The molecule has 110 valence electrons. The minimum Gasteiger partial charge on any atom is -0.481 e. The van der Waals surface area contributed by atoms with Crippen molar-refractivity contribution in [3.05, 3.63) is 35.5 Å². The second-order valence-electron chi connectivity index (χ2n) is 5.36. The number of aromatic nitrogens is 1. The number of nitrogens with two attached hydrogens (primary N) is 1. The average molecular weight is 275 g/mol. The van der Waals surface area contributed by atoms with E-state index in [0.717, 1.165) is 12.8 Å². The first-order valence-electron chi connectivity index (χ1n) is 7.47. The van der Waals surface area contributed by atoms with Gasteiger partial charge in [0, 0.05) is 18.3 Å². The van der Waals surface area contributed by atoms with Crippen LogP contribution in [0, 0.1) is 0 Å². The van der Waals surface area contributed by atoms with Crippen LogP contribution in [0.3, 0.4) is 0 Å². The summed E-state index contributed by atoms with van der Waals surface area (Å²) in [5, 5.41) is 0. The molecule has 1 aliphatic carbocycles. The van der Waals surface area contributed by atoms with E-state index in [1.165, 1.54) is 43.2 Å². The minimum absolute atomic E-state index is 0.211. The van der Waals surface area contributed by atoms with Crippen LogP contribution in [0.2, 0.25) is 0 Å². The highest BCUT2D eigenvalue weighted by Crippen LogP contribution is 2.21. The molecule has 0 spiro atoms. The van der Waals surface area contributed by atoms with Crippen molar-refractivity contribution in [3.8, 4) is 5.88 Å². The fourth-order valence-electron chi connectivity index (χ4n) is 2.72. The lowest BCUT2D eigenvalue weighted by Gasteiger charge is -2.21. The maximum Gasteiger partial charge on any atom is 0.212 e. The molecule has 0 amide bonds. The van der Waals surface area contributed by atoms with E-state index in [1.807, 2.05) is 12.3 Å². The monoisotopic (exact) mass is 275 g/mol. The Bertz CT molecular complexity index is 428. The van der Waals surface area contributed by atoms with Crippen molar-refractivity contribution in [1.29, 1.82) is 0 Å². The standard InChI is InChI=1S/C16H25N3O/c1-20-16-10-9-13(12-18-16)11-15(19-17)14-7-5-3-2-4-6-8-14/h7,9-10,12,15,19H,2-6,8,11,17H2,1H3/b14-7+. The largest absolute Gasteiger partial charge is 0.481 e. The van der Waals surface area contributed by atoms with E-state index in [-0.39, 0.29) is 6.04 Å². The summed E-state index contributed by atoms with van der Waals surface area (Å²) in [6.45, 7) is 0. The molecular formula is C16H25N3O. The van der Waals surface area contributed by atoms with Crippen molar-refractivity contribution in [2.45, 2.75) is 51.0 Å². The molecule has 0 saturated carbocycles. The van der Waals surface area contributed by atoms with Crippen molar-refractivity contribution < 1.29 is 4.74 Å². The number of pyridine rings is 1. The third-order valence-corrected chi connectivity index (χ3v) is 3.92. The Hall–Kier alpha value is -1.39. The molecule has 0 radical (unpaired) electrons. The second-order valence-corrected chi connectivity index (χ2v) is 5.36. The summed E-state index contributed by atoms with van der Waals surface area (Å²) in [6.07, 6.45) is 12.7. The zero-order valence-corrected chi connectivity index (χ0v) is 12.3. The third kappa shape index (κ3) is 4.32. The van der Waals surface area contributed by atoms with Crippen LogP contribution in [0.25, 0.3) is 0 Å². The molecule has 1 atom stereocenters. The number of hydrogen-bond acceptors (Lipinski definition) is 4. The van der Waals surface area contributed by atoms with E-state index in [0.29, 0.717) is 5.88 Å². The quantitative estimate of drug-likeness (QED) is 0.493. The summed E-state index contributed by atoms with van der Waals surface area (Å²) in [4.78, 5) is 4.25. The molecule has 4 nitrogen and oxygen atoms in total. The molecule has 1 aliphatic rings. The predicted molar refractivity (Wildman–Crippen MR) is 81.4 cm³/mol. The number of allylic oxidation sites excluding steroid dienone is 1. The van der Waals surface area contributed by atoms with Gasteiger partial charge in [0.1, 0.15) is 0 Å². The number of hydrazine groups is 1. The van der Waals surface area contributed by atoms with Crippen LogP contribution >= 0.6 is 0 Å². The molecule has 0 aromatic carbocycles. The van der Waals surface area contributed by atoms with Crippen LogP contribution in [-0.2, 0) is 6.42 Å². The van der Waals surface area contributed by atoms with Crippen molar-refractivity contribution in [2.24, 2.45) is 5.84 Å². The highest BCUT2D eigenvalue weighted by Gasteiger charge is 2.14. The summed E-state index contributed by atoms with van der Waals surface area (Å²) in [5.41, 5.74) is 5.59. The van der Waals surface area contributed by atoms with Gasteiger partial charge in [-0.15, -0.1) is 0 Å². The van der Waals surface area contributed by atoms with E-state index >= 15 is 0 Å². The van der Waals surface area contributed by atoms with Crippen molar-refractivity contribution >= 4 is 0 Å². The number of hydrogen-bond donors (Lipinski definition) is 2. The molecule has 0 aliphatic heterocycles. The Morgan fingerprint density at radius 3 is 2.85 bits per heavy atom. The maximum absolute atomic E-state index is 5.76. The van der Waals surface area contributed by atoms with Crippen LogP contribution in [0.15, 0.2) is 30.0 Å². The Morgan fingerprint density at radius 1 is 1.30 bits per heavy atom. The molecule has 1 unspecified atom stereocenters. The van der Waals surface area contributed by atoms with Crippen molar-refractivity contribution in [1.82, 2.24) is 10.4 Å². The normalized spacial score (nSPS) is 20.4. The number of nitrogens with one attached hydrogen (secondary N) is 1. The van der Waals surface area contributed by atoms with Gasteiger partial charge < -0.3 is 4.74 Å². The lowest BCUT2D eigenvalue weighted by molar-refractivity contribution is 0.397. The Morgan fingerprint density at radius 2 is 2.15 bits per heavy atom. The molecule has 1 aromatic heterocycles. The van der Waals surface area contributed by atoms with E-state index < -0.39 is 0 Å². The Kier molecular flexibility index (Phi) is 6.02. The molecule has 0 fully saturated rings. The minimum atomic E-state index is 0.211. The van der Waals surface area contributed by atoms with Crippen LogP contribution in [0.1, 0.15) is 44.1 Å². The molecule has 2 rings (SSSR count). The summed E-state index contributed by atoms with van der Waals surface area (Å²) in [5.74, 6) is 6.41. The van der Waals surface area contributed by atoms with Gasteiger partial charge in [0.15, 0.2) is 0 Å². The highest BCUT2D eigenvalue weighted by atomic mass is 16.5. The van der Waals surface area contributed by atoms with E-state index in [2.05, 4.69) is 22.6 Å². The van der Waals surface area contributed by atoms with E-state index in [4.69, 9.17) is 10.6 Å². The van der Waals surface area contributed by atoms with Gasteiger partial charge in [-0.2, -0.15) is 0 Å². The Labute approximate surface area is 121 Å². The molecular weight excluding hydrogens is 250 g/mol. The fourth-order valence-corrected chi connectivity index (χ4v) is 2.72. The van der Waals surface area contributed by atoms with Crippen molar-refractivity contribution in [2.75, 3.05) is 7.11 Å². The smallest absolute Gasteiger partial charge is 0.212 e. The zero-order chi connectivity index (χ0) is 14.2. The molecule has 20 heavy (non-hydrogen) atoms. The Balaban J connectivity index is 2.02. The van der Waals surface area contributed by atoms with Gasteiger partial charge in [0.05, 0.1) is 7.11 Å². The SMILES string of the molecule is COc1ccc(CC(NN)/C2=C/CCCCCC2)cn1. The molecule has 1 aromatic rings. The number of methoxy groups -OCH3 is 1. The first kappa shape index (κ1) is 15.0. The van der Waals surface area contributed by atoms with Crippen LogP contribution < -0.4 is 16.0 Å². The van der Waals surface area contributed by atoms with Gasteiger partial charge in [-0.05, 0) is 37.7 Å². The van der Waals surface area contributed by atoms with Crippen molar-refractivity contribution in [3.63, 3.8) is 0 Å². The molecule has 1 heterocycles. The average Bonchev–Trinajstić information content (AvgIpc) is 2.46. The first-order valence-corrected chi connectivity index (χ1v) is 7.47. The lowest BCUT2D eigenvalue weighted by Crippen LogP contribution is -2.38. The molecule has 3 N–H and O–H groups in total. The molecule has 4 heteroatoms. The van der Waals surface area contributed by atoms with Gasteiger partial charge in [-0.1, -0.05) is 30.6 Å².